The highest BCUT2D eigenvalue weighted by Crippen LogP contribution is 2.28. The maximum Gasteiger partial charge on any atom is 0.252 e. The zero-order valence-electron chi connectivity index (χ0n) is 23.2. The van der Waals surface area contributed by atoms with E-state index in [0.29, 0.717) is 37.4 Å². The molecule has 1 atom stereocenters. The number of aryl methyl sites for hydroxylation is 2. The maximum atomic E-state index is 13.5. The van der Waals surface area contributed by atoms with Gasteiger partial charge in [0.15, 0.2) is 5.82 Å². The fourth-order valence-corrected chi connectivity index (χ4v) is 5.24. The van der Waals surface area contributed by atoms with Gasteiger partial charge in [-0.25, -0.2) is 9.07 Å². The first kappa shape index (κ1) is 27.2. The summed E-state index contributed by atoms with van der Waals surface area (Å²) in [6.07, 6.45) is 0.712. The van der Waals surface area contributed by atoms with Gasteiger partial charge in [0.2, 0.25) is 0 Å². The molecule has 5 aromatic rings. The number of halogens is 1. The predicted octanol–water partition coefficient (Wildman–Crippen LogP) is 5.48. The summed E-state index contributed by atoms with van der Waals surface area (Å²) in [7, 11) is 1.64. The number of hydrogen-bond donors (Lipinski definition) is 1. The zero-order chi connectivity index (χ0) is 28.2. The smallest absolute Gasteiger partial charge is 0.252 e. The molecule has 0 unspecified atom stereocenters. The minimum atomic E-state index is -0.288. The van der Waals surface area contributed by atoms with Gasteiger partial charge in [-0.1, -0.05) is 42.8 Å². The number of aromatic amines is 1. The molecule has 3 aromatic carbocycles. The minimum absolute atomic E-state index is 0.111. The van der Waals surface area contributed by atoms with Gasteiger partial charge in [0.05, 0.1) is 25.2 Å². The van der Waals surface area contributed by atoms with E-state index in [0.717, 1.165) is 38.9 Å². The molecule has 206 valence electrons. The number of hydrogen-bond acceptors (Lipinski definition) is 6. The molecule has 5 rings (SSSR count). The SMILES string of the molecule is CC[C@@H](c1nnnn1Cc1ccc(F)cc1)N(Cc1ccc(OC)cc1)Cc1cc2cc(C)cc(C)c2[nH]c1=O. The summed E-state index contributed by atoms with van der Waals surface area (Å²) in [5.74, 6) is 1.18. The highest BCUT2D eigenvalue weighted by atomic mass is 19.1. The third-order valence-corrected chi connectivity index (χ3v) is 7.22. The normalized spacial score (nSPS) is 12.2. The molecule has 0 aliphatic carbocycles. The molecule has 0 bridgehead atoms. The first-order chi connectivity index (χ1) is 19.3. The fraction of sp³-hybridized carbons (Fsp3) is 0.290. The lowest BCUT2D eigenvalue weighted by molar-refractivity contribution is 0.161. The van der Waals surface area contributed by atoms with Crippen molar-refractivity contribution >= 4 is 10.9 Å². The van der Waals surface area contributed by atoms with E-state index in [-0.39, 0.29) is 17.4 Å². The average molecular weight is 541 g/mol. The van der Waals surface area contributed by atoms with Crippen molar-refractivity contribution in [1.82, 2.24) is 30.1 Å². The van der Waals surface area contributed by atoms with Crippen molar-refractivity contribution in [2.24, 2.45) is 0 Å². The number of H-pyrrole nitrogens is 1. The number of benzene rings is 3. The lowest BCUT2D eigenvalue weighted by Gasteiger charge is -2.30. The Kier molecular flexibility index (Phi) is 8.02. The molecule has 2 heterocycles. The Hall–Kier alpha value is -4.37. The van der Waals surface area contributed by atoms with Crippen LogP contribution in [0.1, 0.15) is 53.0 Å². The third-order valence-electron chi connectivity index (χ3n) is 7.22. The molecular formula is C31H33FN6O2. The van der Waals surface area contributed by atoms with E-state index >= 15 is 0 Å². The van der Waals surface area contributed by atoms with Gasteiger partial charge in [-0.3, -0.25) is 9.69 Å². The van der Waals surface area contributed by atoms with Crippen LogP contribution in [0.2, 0.25) is 0 Å². The van der Waals surface area contributed by atoms with Crippen LogP contribution in [0.4, 0.5) is 4.39 Å². The Morgan fingerprint density at radius 2 is 1.73 bits per heavy atom. The molecule has 0 fully saturated rings. The van der Waals surface area contributed by atoms with Crippen molar-refractivity contribution in [2.45, 2.75) is 52.9 Å². The lowest BCUT2D eigenvalue weighted by atomic mass is 10.0. The van der Waals surface area contributed by atoms with E-state index in [4.69, 9.17) is 4.74 Å². The Bertz CT molecular complexity index is 1660. The Balaban J connectivity index is 1.53. The second kappa shape index (κ2) is 11.8. The second-order valence-electron chi connectivity index (χ2n) is 10.2. The van der Waals surface area contributed by atoms with E-state index in [1.165, 1.54) is 12.1 Å². The molecule has 0 saturated carbocycles. The van der Waals surface area contributed by atoms with Crippen LogP contribution in [-0.2, 0) is 19.6 Å². The molecule has 0 radical (unpaired) electrons. The topological polar surface area (TPSA) is 88.9 Å². The highest BCUT2D eigenvalue weighted by Gasteiger charge is 2.26. The summed E-state index contributed by atoms with van der Waals surface area (Å²) < 4.78 is 20.6. The monoisotopic (exact) mass is 540 g/mol. The Labute approximate surface area is 232 Å². The number of aromatic nitrogens is 5. The number of tetrazole rings is 1. The largest absolute Gasteiger partial charge is 0.497 e. The standard InChI is InChI=1S/C31H33FN6O2/c1-5-28(30-34-35-36-38(30)18-23-6-10-26(32)11-7-23)37(17-22-8-12-27(40-4)13-9-22)19-25-16-24-15-20(2)14-21(3)29(24)33-31(25)39/h6-16,28H,5,17-19H2,1-4H3,(H,33,39)/t28-/m0/s1. The maximum absolute atomic E-state index is 13.5. The molecule has 0 aliphatic rings. The molecule has 40 heavy (non-hydrogen) atoms. The molecule has 0 amide bonds. The van der Waals surface area contributed by atoms with E-state index < -0.39 is 0 Å². The van der Waals surface area contributed by atoms with Crippen molar-refractivity contribution in [3.8, 4) is 5.75 Å². The summed E-state index contributed by atoms with van der Waals surface area (Å²) in [5.41, 5.74) is 5.56. The van der Waals surface area contributed by atoms with Crippen LogP contribution in [-0.4, -0.2) is 37.2 Å². The minimum Gasteiger partial charge on any atom is -0.497 e. The van der Waals surface area contributed by atoms with Gasteiger partial charge in [0.25, 0.3) is 5.56 Å². The third kappa shape index (κ3) is 5.94. The molecular weight excluding hydrogens is 507 g/mol. The van der Waals surface area contributed by atoms with Crippen molar-refractivity contribution in [3.05, 3.63) is 117 Å². The molecule has 9 heteroatoms. The summed E-state index contributed by atoms with van der Waals surface area (Å²) in [6, 6.07) is 20.2. The van der Waals surface area contributed by atoms with Gasteiger partial charge in [0, 0.05) is 18.7 Å². The predicted molar refractivity (Wildman–Crippen MR) is 153 cm³/mol. The molecule has 0 saturated heterocycles. The van der Waals surface area contributed by atoms with Crippen LogP contribution in [0, 0.1) is 19.7 Å². The highest BCUT2D eigenvalue weighted by molar-refractivity contribution is 5.82. The number of nitrogens with zero attached hydrogens (tertiary/aromatic N) is 5. The molecule has 1 N–H and O–H groups in total. The molecule has 2 aromatic heterocycles. The van der Waals surface area contributed by atoms with Gasteiger partial charge >= 0.3 is 0 Å². The van der Waals surface area contributed by atoms with Gasteiger partial charge in [-0.05, 0) is 89.2 Å². The van der Waals surface area contributed by atoms with E-state index in [1.807, 2.05) is 37.3 Å². The van der Waals surface area contributed by atoms with Crippen molar-refractivity contribution in [1.29, 1.82) is 0 Å². The van der Waals surface area contributed by atoms with E-state index in [9.17, 15) is 9.18 Å². The van der Waals surface area contributed by atoms with Crippen molar-refractivity contribution in [2.75, 3.05) is 7.11 Å². The summed E-state index contributed by atoms with van der Waals surface area (Å²) in [6.45, 7) is 7.52. The Morgan fingerprint density at radius 1 is 1.00 bits per heavy atom. The van der Waals surface area contributed by atoms with Gasteiger partial charge in [-0.15, -0.1) is 5.10 Å². The summed E-state index contributed by atoms with van der Waals surface area (Å²) in [4.78, 5) is 18.6. The number of ether oxygens (including phenoxy) is 1. The Morgan fingerprint density at radius 3 is 2.42 bits per heavy atom. The zero-order valence-corrected chi connectivity index (χ0v) is 23.2. The van der Waals surface area contributed by atoms with Crippen LogP contribution in [0.5, 0.6) is 5.75 Å². The average Bonchev–Trinajstić information content (AvgIpc) is 3.39. The van der Waals surface area contributed by atoms with E-state index in [1.54, 1.807) is 23.9 Å². The van der Waals surface area contributed by atoms with Crippen LogP contribution >= 0.6 is 0 Å². The molecule has 0 aliphatic heterocycles. The molecule has 0 spiro atoms. The van der Waals surface area contributed by atoms with Crippen LogP contribution < -0.4 is 10.3 Å². The fourth-order valence-electron chi connectivity index (χ4n) is 5.24. The quantitative estimate of drug-likeness (QED) is 0.252. The number of methoxy groups -OCH3 is 1. The molecule has 8 nitrogen and oxygen atoms in total. The van der Waals surface area contributed by atoms with Crippen molar-refractivity contribution < 1.29 is 9.13 Å². The second-order valence-corrected chi connectivity index (χ2v) is 10.2. The number of fused-ring (bicyclic) bond motifs is 1. The number of nitrogens with one attached hydrogen (secondary N) is 1. The summed E-state index contributed by atoms with van der Waals surface area (Å²) >= 11 is 0. The number of pyridine rings is 1. The van der Waals surface area contributed by atoms with Crippen LogP contribution in [0.15, 0.2) is 71.5 Å². The van der Waals surface area contributed by atoms with Crippen LogP contribution in [0.25, 0.3) is 10.9 Å². The lowest BCUT2D eigenvalue weighted by Crippen LogP contribution is -2.32. The van der Waals surface area contributed by atoms with Crippen LogP contribution in [0.3, 0.4) is 0 Å². The van der Waals surface area contributed by atoms with Crippen molar-refractivity contribution in [3.63, 3.8) is 0 Å². The van der Waals surface area contributed by atoms with Gasteiger partial charge < -0.3 is 9.72 Å². The van der Waals surface area contributed by atoms with E-state index in [2.05, 4.69) is 51.4 Å². The first-order valence-electron chi connectivity index (χ1n) is 13.3. The number of rotatable bonds is 10. The first-order valence-corrected chi connectivity index (χ1v) is 13.3. The summed E-state index contributed by atoms with van der Waals surface area (Å²) in [5, 5.41) is 13.6. The van der Waals surface area contributed by atoms with Gasteiger partial charge in [0.1, 0.15) is 11.6 Å². The van der Waals surface area contributed by atoms with Gasteiger partial charge in [-0.2, -0.15) is 0 Å².